The molecule has 3 N–H and O–H groups in total. The number of H-pyrrole nitrogens is 1. The lowest BCUT2D eigenvalue weighted by molar-refractivity contribution is 1.11. The molecule has 2 heterocycles. The van der Waals surface area contributed by atoms with Crippen LogP contribution in [0, 0.1) is 0 Å². The molecule has 0 aliphatic rings. The van der Waals surface area contributed by atoms with Gasteiger partial charge in [0, 0.05) is 34.1 Å². The van der Waals surface area contributed by atoms with Crippen LogP contribution in [0.2, 0.25) is 0 Å². The number of nitrogens with zero attached hydrogens (tertiary/aromatic N) is 1. The minimum absolute atomic E-state index is 0.556. The summed E-state index contributed by atoms with van der Waals surface area (Å²) in [5, 5.41) is 1.20. The summed E-state index contributed by atoms with van der Waals surface area (Å²) in [5.74, 6) is 0. The molecule has 3 rings (SSSR count). The predicted molar refractivity (Wildman–Crippen MR) is 67.3 cm³/mol. The Bertz CT molecular complexity index is 624. The fraction of sp³-hybridized carbons (Fsp3) is 0.0833. The van der Waals surface area contributed by atoms with Crippen LogP contribution in [-0.2, 0) is 6.54 Å². The first-order valence-electron chi connectivity index (χ1n) is 5.10. The molecule has 0 aliphatic carbocycles. The summed E-state index contributed by atoms with van der Waals surface area (Å²) in [5.41, 5.74) is 8.88. The zero-order valence-corrected chi connectivity index (χ0v) is 9.42. The van der Waals surface area contributed by atoms with E-state index in [1.807, 2.05) is 18.3 Å². The van der Waals surface area contributed by atoms with Crippen LogP contribution in [0.5, 0.6) is 0 Å². The maximum Gasteiger partial charge on any atom is 0.0865 e. The van der Waals surface area contributed by atoms with Crippen LogP contribution >= 0.6 is 11.5 Å². The summed E-state index contributed by atoms with van der Waals surface area (Å²) in [6.45, 7) is 0.556. The molecule has 4 heteroatoms. The van der Waals surface area contributed by atoms with Crippen molar-refractivity contribution in [3.05, 3.63) is 41.4 Å². The molecule has 0 saturated heterocycles. The zero-order chi connectivity index (χ0) is 11.0. The lowest BCUT2D eigenvalue weighted by Gasteiger charge is -1.92. The van der Waals surface area contributed by atoms with Gasteiger partial charge < -0.3 is 10.7 Å². The Kier molecular flexibility index (Phi) is 2.23. The van der Waals surface area contributed by atoms with E-state index in [4.69, 9.17) is 5.73 Å². The van der Waals surface area contributed by atoms with Crippen LogP contribution in [0.1, 0.15) is 4.88 Å². The zero-order valence-electron chi connectivity index (χ0n) is 8.60. The van der Waals surface area contributed by atoms with Crippen LogP contribution in [-0.4, -0.2) is 9.36 Å². The summed E-state index contributed by atoms with van der Waals surface area (Å²) in [4.78, 5) is 4.36. The van der Waals surface area contributed by atoms with Crippen LogP contribution in [0.3, 0.4) is 0 Å². The molecule has 0 amide bonds. The molecular weight excluding hydrogens is 218 g/mol. The molecule has 0 radical (unpaired) electrons. The normalized spacial score (nSPS) is 11.1. The van der Waals surface area contributed by atoms with Gasteiger partial charge in [0.2, 0.25) is 0 Å². The fourth-order valence-corrected chi connectivity index (χ4v) is 2.43. The number of para-hydroxylation sites is 1. The van der Waals surface area contributed by atoms with Gasteiger partial charge in [0.05, 0.1) is 5.69 Å². The Morgan fingerprint density at radius 2 is 2.19 bits per heavy atom. The smallest absolute Gasteiger partial charge is 0.0865 e. The van der Waals surface area contributed by atoms with E-state index in [-0.39, 0.29) is 0 Å². The summed E-state index contributed by atoms with van der Waals surface area (Å²) >= 11 is 1.47. The predicted octanol–water partition coefficient (Wildman–Crippen LogP) is 2.75. The largest absolute Gasteiger partial charge is 0.360 e. The number of rotatable bonds is 2. The van der Waals surface area contributed by atoms with E-state index in [1.165, 1.54) is 16.9 Å². The van der Waals surface area contributed by atoms with E-state index >= 15 is 0 Å². The van der Waals surface area contributed by atoms with Crippen molar-refractivity contribution in [2.24, 2.45) is 5.73 Å². The molecule has 0 spiro atoms. The van der Waals surface area contributed by atoms with Gasteiger partial charge in [-0.3, -0.25) is 0 Å². The maximum absolute atomic E-state index is 5.59. The molecule has 16 heavy (non-hydrogen) atoms. The van der Waals surface area contributed by atoms with Crippen molar-refractivity contribution < 1.29 is 0 Å². The Hall–Kier alpha value is -1.65. The summed E-state index contributed by atoms with van der Waals surface area (Å²) in [6.07, 6.45) is 2.00. The van der Waals surface area contributed by atoms with Gasteiger partial charge in [0.1, 0.15) is 0 Å². The standard InChI is InChI=1S/C12H11N3S/c13-6-8-5-12(15-16-8)10-7-14-11-4-2-1-3-9(10)11/h1-5,7,14H,6,13H2. The molecule has 0 fully saturated rings. The molecular formula is C12H11N3S. The fourth-order valence-electron chi connectivity index (χ4n) is 1.82. The monoisotopic (exact) mass is 229 g/mol. The molecule has 80 valence electrons. The highest BCUT2D eigenvalue weighted by Crippen LogP contribution is 2.29. The van der Waals surface area contributed by atoms with Gasteiger partial charge in [-0.1, -0.05) is 18.2 Å². The van der Waals surface area contributed by atoms with Crippen molar-refractivity contribution in [2.45, 2.75) is 6.54 Å². The van der Waals surface area contributed by atoms with Crippen LogP contribution in [0.15, 0.2) is 36.5 Å². The molecule has 0 unspecified atom stereocenters. The number of aromatic nitrogens is 2. The number of hydrogen-bond acceptors (Lipinski definition) is 3. The summed E-state index contributed by atoms with van der Waals surface area (Å²) < 4.78 is 4.42. The highest BCUT2D eigenvalue weighted by atomic mass is 32.1. The van der Waals surface area contributed by atoms with Gasteiger partial charge in [-0.15, -0.1) is 0 Å². The lowest BCUT2D eigenvalue weighted by atomic mass is 10.1. The van der Waals surface area contributed by atoms with E-state index in [1.54, 1.807) is 0 Å². The molecule has 0 saturated carbocycles. The lowest BCUT2D eigenvalue weighted by Crippen LogP contribution is -1.91. The second-order valence-electron chi connectivity index (χ2n) is 3.63. The van der Waals surface area contributed by atoms with Crippen molar-refractivity contribution >= 4 is 22.4 Å². The topological polar surface area (TPSA) is 54.7 Å². The molecule has 2 aromatic heterocycles. The third kappa shape index (κ3) is 1.43. The first-order valence-corrected chi connectivity index (χ1v) is 5.88. The highest BCUT2D eigenvalue weighted by Gasteiger charge is 2.08. The average molecular weight is 229 g/mol. The third-order valence-electron chi connectivity index (χ3n) is 2.63. The van der Waals surface area contributed by atoms with E-state index in [0.717, 1.165) is 21.7 Å². The van der Waals surface area contributed by atoms with Gasteiger partial charge in [-0.2, -0.15) is 4.37 Å². The number of fused-ring (bicyclic) bond motifs is 1. The van der Waals surface area contributed by atoms with E-state index in [9.17, 15) is 0 Å². The Balaban J connectivity index is 2.18. The van der Waals surface area contributed by atoms with Gasteiger partial charge in [0.15, 0.2) is 0 Å². The van der Waals surface area contributed by atoms with Crippen LogP contribution in [0.4, 0.5) is 0 Å². The van der Waals surface area contributed by atoms with Crippen molar-refractivity contribution in [2.75, 3.05) is 0 Å². The van der Waals surface area contributed by atoms with E-state index < -0.39 is 0 Å². The quantitative estimate of drug-likeness (QED) is 0.710. The first kappa shape index (κ1) is 9.57. The highest BCUT2D eigenvalue weighted by molar-refractivity contribution is 7.06. The average Bonchev–Trinajstić information content (AvgIpc) is 2.94. The summed E-state index contributed by atoms with van der Waals surface area (Å²) in [7, 11) is 0. The number of aromatic amines is 1. The maximum atomic E-state index is 5.59. The second kappa shape index (κ2) is 3.73. The van der Waals surface area contributed by atoms with Gasteiger partial charge in [-0.25, -0.2) is 0 Å². The first-order chi connectivity index (χ1) is 7.88. The Morgan fingerprint density at radius 1 is 1.31 bits per heavy atom. The second-order valence-corrected chi connectivity index (χ2v) is 4.52. The molecule has 3 nitrogen and oxygen atoms in total. The third-order valence-corrected chi connectivity index (χ3v) is 3.43. The number of nitrogens with one attached hydrogen (secondary N) is 1. The SMILES string of the molecule is NCc1cc(-c2c[nH]c3ccccc23)ns1. The molecule has 3 aromatic rings. The van der Waals surface area contributed by atoms with Gasteiger partial charge >= 0.3 is 0 Å². The van der Waals surface area contributed by atoms with Crippen LogP contribution in [0.25, 0.3) is 22.2 Å². The van der Waals surface area contributed by atoms with Crippen molar-refractivity contribution in [3.8, 4) is 11.3 Å². The number of hydrogen-bond donors (Lipinski definition) is 2. The van der Waals surface area contributed by atoms with Crippen molar-refractivity contribution in [1.82, 2.24) is 9.36 Å². The minimum Gasteiger partial charge on any atom is -0.360 e. The Labute approximate surface area is 97.1 Å². The molecule has 0 bridgehead atoms. The molecule has 1 aromatic carbocycles. The number of benzene rings is 1. The molecule has 0 aliphatic heterocycles. The number of nitrogens with two attached hydrogens (primary N) is 1. The minimum atomic E-state index is 0.556. The van der Waals surface area contributed by atoms with Gasteiger partial charge in [0.25, 0.3) is 0 Å². The van der Waals surface area contributed by atoms with Crippen molar-refractivity contribution in [1.29, 1.82) is 0 Å². The van der Waals surface area contributed by atoms with E-state index in [0.29, 0.717) is 6.54 Å². The Morgan fingerprint density at radius 3 is 3.00 bits per heavy atom. The summed E-state index contributed by atoms with van der Waals surface area (Å²) in [6, 6.07) is 10.3. The molecule has 0 atom stereocenters. The van der Waals surface area contributed by atoms with Gasteiger partial charge in [-0.05, 0) is 23.7 Å². The van der Waals surface area contributed by atoms with Crippen molar-refractivity contribution in [3.63, 3.8) is 0 Å². The van der Waals surface area contributed by atoms with E-state index in [2.05, 4.69) is 27.6 Å². The van der Waals surface area contributed by atoms with Crippen LogP contribution < -0.4 is 5.73 Å².